The zero-order valence-corrected chi connectivity index (χ0v) is 15.7. The van der Waals surface area contributed by atoms with Gasteiger partial charge in [-0.05, 0) is 42.1 Å². The molecule has 132 valence electrons. The minimum Gasteiger partial charge on any atom is -0.407 e. The number of hydrogen-bond acceptors (Lipinski definition) is 5. The summed E-state index contributed by atoms with van der Waals surface area (Å²) in [5.74, 6) is -2.76. The first-order chi connectivity index (χ1) is 12.0. The van der Waals surface area contributed by atoms with Gasteiger partial charge in [0, 0.05) is 34.5 Å². The van der Waals surface area contributed by atoms with Crippen LogP contribution in [0, 0.1) is 0 Å². The molecule has 1 aliphatic rings. The Morgan fingerprint density at radius 1 is 1.36 bits per heavy atom. The van der Waals surface area contributed by atoms with E-state index < -0.39 is 17.8 Å². The Labute approximate surface area is 157 Å². The standard InChI is InChI=1S/C17H17BrN2O4S/c18-12-3-5-13(6-4-12)20-10-8-17(23,15(20)21)24-16(22)19-9-7-14-2-1-11-25-14/h1-6,11,23H,7-10H2,(H,19,22)/t17-/m1/s1. The fraction of sp³-hybridized carbons (Fsp3) is 0.294. The lowest BCUT2D eigenvalue weighted by atomic mass is 10.2. The first-order valence-electron chi connectivity index (χ1n) is 7.77. The van der Waals surface area contributed by atoms with Crippen LogP contribution in [0.3, 0.4) is 0 Å². The predicted molar refractivity (Wildman–Crippen MR) is 98.6 cm³/mol. The van der Waals surface area contributed by atoms with Crippen LogP contribution in [0.4, 0.5) is 10.5 Å². The molecule has 0 unspecified atom stereocenters. The molecular formula is C17H17BrN2O4S. The van der Waals surface area contributed by atoms with E-state index in [2.05, 4.69) is 21.2 Å². The third-order valence-corrected chi connectivity index (χ3v) is 5.34. The number of ether oxygens (including phenoxy) is 1. The van der Waals surface area contributed by atoms with E-state index in [4.69, 9.17) is 4.74 Å². The van der Waals surface area contributed by atoms with Gasteiger partial charge >= 0.3 is 6.09 Å². The molecule has 1 aliphatic heterocycles. The van der Waals surface area contributed by atoms with Gasteiger partial charge in [0.1, 0.15) is 0 Å². The van der Waals surface area contributed by atoms with Gasteiger partial charge in [-0.25, -0.2) is 4.79 Å². The van der Waals surface area contributed by atoms with E-state index in [1.54, 1.807) is 35.6 Å². The molecule has 1 atom stereocenters. The average molecular weight is 425 g/mol. The second-order valence-corrected chi connectivity index (χ2v) is 7.56. The number of carbonyl (C=O) groups excluding carboxylic acids is 2. The second-order valence-electron chi connectivity index (χ2n) is 5.61. The molecule has 3 rings (SSSR count). The van der Waals surface area contributed by atoms with Crippen molar-refractivity contribution < 1.29 is 19.4 Å². The van der Waals surface area contributed by atoms with Gasteiger partial charge in [-0.3, -0.25) is 4.79 Å². The van der Waals surface area contributed by atoms with Gasteiger partial charge < -0.3 is 20.1 Å². The van der Waals surface area contributed by atoms with Crippen molar-refractivity contribution in [2.24, 2.45) is 0 Å². The minimum absolute atomic E-state index is 0.0280. The van der Waals surface area contributed by atoms with Crippen molar-refractivity contribution in [3.8, 4) is 0 Å². The molecule has 6 nitrogen and oxygen atoms in total. The number of amides is 2. The van der Waals surface area contributed by atoms with Crippen molar-refractivity contribution in [1.82, 2.24) is 5.32 Å². The number of carbonyl (C=O) groups is 2. The number of rotatable bonds is 5. The van der Waals surface area contributed by atoms with Crippen LogP contribution >= 0.6 is 27.3 Å². The van der Waals surface area contributed by atoms with E-state index in [0.29, 0.717) is 18.7 Å². The second kappa shape index (κ2) is 7.55. The van der Waals surface area contributed by atoms with E-state index >= 15 is 0 Å². The topological polar surface area (TPSA) is 78.9 Å². The van der Waals surface area contributed by atoms with Gasteiger partial charge in [0.05, 0.1) is 0 Å². The highest BCUT2D eigenvalue weighted by Crippen LogP contribution is 2.30. The number of nitrogens with zero attached hydrogens (tertiary/aromatic N) is 1. The molecule has 1 fully saturated rings. The Balaban J connectivity index is 1.55. The lowest BCUT2D eigenvalue weighted by Gasteiger charge is -2.22. The summed E-state index contributed by atoms with van der Waals surface area (Å²) in [5.41, 5.74) is 0.644. The first kappa shape index (κ1) is 17.9. The summed E-state index contributed by atoms with van der Waals surface area (Å²) in [4.78, 5) is 26.9. The molecule has 2 N–H and O–H groups in total. The molecule has 1 aromatic heterocycles. The molecule has 0 bridgehead atoms. The average Bonchev–Trinajstić information content (AvgIpc) is 3.18. The van der Waals surface area contributed by atoms with Crippen LogP contribution in [-0.4, -0.2) is 36.0 Å². The van der Waals surface area contributed by atoms with Crippen molar-refractivity contribution >= 4 is 45.0 Å². The maximum atomic E-state index is 12.5. The fourth-order valence-electron chi connectivity index (χ4n) is 2.58. The minimum atomic E-state index is -2.12. The van der Waals surface area contributed by atoms with Crippen LogP contribution < -0.4 is 10.2 Å². The van der Waals surface area contributed by atoms with Crippen molar-refractivity contribution in [2.45, 2.75) is 18.6 Å². The Morgan fingerprint density at radius 2 is 2.12 bits per heavy atom. The van der Waals surface area contributed by atoms with Gasteiger partial charge in [-0.2, -0.15) is 0 Å². The number of anilines is 1. The lowest BCUT2D eigenvalue weighted by Crippen LogP contribution is -2.46. The van der Waals surface area contributed by atoms with Gasteiger partial charge in [0.25, 0.3) is 11.7 Å². The molecule has 0 radical (unpaired) electrons. The molecule has 1 saturated heterocycles. The monoisotopic (exact) mass is 424 g/mol. The van der Waals surface area contributed by atoms with Crippen LogP contribution in [0.1, 0.15) is 11.3 Å². The van der Waals surface area contributed by atoms with Gasteiger partial charge in [-0.1, -0.05) is 22.0 Å². The number of halogens is 1. The molecular weight excluding hydrogens is 408 g/mol. The van der Waals surface area contributed by atoms with Crippen LogP contribution in [0.25, 0.3) is 0 Å². The number of thiophene rings is 1. The highest BCUT2D eigenvalue weighted by molar-refractivity contribution is 9.10. The molecule has 0 aliphatic carbocycles. The summed E-state index contributed by atoms with van der Waals surface area (Å²) < 4.78 is 5.90. The van der Waals surface area contributed by atoms with E-state index in [0.717, 1.165) is 9.35 Å². The molecule has 2 amide bonds. The largest absolute Gasteiger partial charge is 0.410 e. The summed E-state index contributed by atoms with van der Waals surface area (Å²) in [6, 6.07) is 11.0. The summed E-state index contributed by atoms with van der Waals surface area (Å²) in [7, 11) is 0. The van der Waals surface area contributed by atoms with Crippen molar-refractivity contribution in [3.63, 3.8) is 0 Å². The van der Waals surface area contributed by atoms with Crippen LogP contribution in [0.15, 0.2) is 46.3 Å². The SMILES string of the molecule is O=C(NCCc1cccs1)O[C@]1(O)CCN(c2ccc(Br)cc2)C1=O. The lowest BCUT2D eigenvalue weighted by molar-refractivity contribution is -0.175. The third kappa shape index (κ3) is 4.20. The van der Waals surface area contributed by atoms with E-state index in [1.807, 2.05) is 17.5 Å². The predicted octanol–water partition coefficient (Wildman–Crippen LogP) is 2.90. The maximum Gasteiger partial charge on any atom is 0.410 e. The van der Waals surface area contributed by atoms with Crippen LogP contribution in [0.5, 0.6) is 0 Å². The maximum absolute atomic E-state index is 12.5. The number of alkyl carbamates (subject to hydrolysis) is 1. The van der Waals surface area contributed by atoms with Crippen LogP contribution in [-0.2, 0) is 16.0 Å². The Kier molecular flexibility index (Phi) is 5.41. The Morgan fingerprint density at radius 3 is 2.80 bits per heavy atom. The normalized spacial score (nSPS) is 19.9. The van der Waals surface area contributed by atoms with Gasteiger partial charge in [0.2, 0.25) is 0 Å². The summed E-state index contributed by atoms with van der Waals surface area (Å²) >= 11 is 4.93. The summed E-state index contributed by atoms with van der Waals surface area (Å²) in [6.07, 6.45) is -0.102. The Hall–Kier alpha value is -1.90. The van der Waals surface area contributed by atoms with Crippen molar-refractivity contribution in [1.29, 1.82) is 0 Å². The highest BCUT2D eigenvalue weighted by atomic mass is 79.9. The van der Waals surface area contributed by atoms with Crippen molar-refractivity contribution in [2.75, 3.05) is 18.0 Å². The quantitative estimate of drug-likeness (QED) is 0.723. The van der Waals surface area contributed by atoms with Gasteiger partial charge in [0.15, 0.2) is 0 Å². The third-order valence-electron chi connectivity index (χ3n) is 3.87. The molecule has 0 saturated carbocycles. The fourth-order valence-corrected chi connectivity index (χ4v) is 3.55. The van der Waals surface area contributed by atoms with Crippen molar-refractivity contribution in [3.05, 3.63) is 51.1 Å². The molecule has 0 spiro atoms. The van der Waals surface area contributed by atoms with E-state index in [1.165, 1.54) is 4.90 Å². The molecule has 1 aromatic carbocycles. The van der Waals surface area contributed by atoms with E-state index in [9.17, 15) is 14.7 Å². The van der Waals surface area contributed by atoms with Gasteiger partial charge in [-0.15, -0.1) is 11.3 Å². The van der Waals surface area contributed by atoms with E-state index in [-0.39, 0.29) is 13.0 Å². The Bertz CT molecular complexity index is 751. The smallest absolute Gasteiger partial charge is 0.407 e. The number of aliphatic hydroxyl groups is 1. The molecule has 2 heterocycles. The summed E-state index contributed by atoms with van der Waals surface area (Å²) in [5, 5.41) is 14.9. The van der Waals surface area contributed by atoms with Crippen LogP contribution in [0.2, 0.25) is 0 Å². The zero-order chi connectivity index (χ0) is 17.9. The molecule has 25 heavy (non-hydrogen) atoms. The molecule has 8 heteroatoms. The number of nitrogens with one attached hydrogen (secondary N) is 1. The first-order valence-corrected chi connectivity index (χ1v) is 9.44. The number of benzene rings is 1. The zero-order valence-electron chi connectivity index (χ0n) is 13.3. The number of hydrogen-bond donors (Lipinski definition) is 2. The molecule has 2 aromatic rings. The summed E-state index contributed by atoms with van der Waals surface area (Å²) in [6.45, 7) is 0.652. The highest BCUT2D eigenvalue weighted by Gasteiger charge is 2.49.